The highest BCUT2D eigenvalue weighted by Gasteiger charge is 2.13. The third-order valence-electron chi connectivity index (χ3n) is 4.08. The van der Waals surface area contributed by atoms with Crippen LogP contribution in [0.2, 0.25) is 0 Å². The number of thioether (sulfide) groups is 1. The third kappa shape index (κ3) is 20.8. The molecule has 0 aliphatic carbocycles. The molecule has 0 spiro atoms. The molecule has 0 fully saturated rings. The summed E-state index contributed by atoms with van der Waals surface area (Å²) in [4.78, 5) is 10.9. The molecular formula is C26H40O2S. The summed E-state index contributed by atoms with van der Waals surface area (Å²) >= 11 is 1.55. The van der Waals surface area contributed by atoms with Gasteiger partial charge in [0.05, 0.1) is 0 Å². The second kappa shape index (κ2) is 22.5. The lowest BCUT2D eigenvalue weighted by Crippen LogP contribution is -2.15. The molecule has 0 aromatic carbocycles. The summed E-state index contributed by atoms with van der Waals surface area (Å²) in [5.41, 5.74) is 0. The lowest BCUT2D eigenvalue weighted by Gasteiger charge is -2.07. The van der Waals surface area contributed by atoms with Gasteiger partial charge in [0.25, 0.3) is 0 Å². The van der Waals surface area contributed by atoms with Crippen molar-refractivity contribution in [3.8, 4) is 0 Å². The Morgan fingerprint density at radius 3 is 1.52 bits per heavy atom. The van der Waals surface area contributed by atoms with Crippen molar-refractivity contribution >= 4 is 17.7 Å². The van der Waals surface area contributed by atoms with Gasteiger partial charge in [0.1, 0.15) is 5.25 Å². The van der Waals surface area contributed by atoms with Gasteiger partial charge in [0.2, 0.25) is 0 Å². The topological polar surface area (TPSA) is 37.3 Å². The molecule has 0 aromatic heterocycles. The summed E-state index contributed by atoms with van der Waals surface area (Å²) in [6.45, 7) is 4.08. The van der Waals surface area contributed by atoms with Crippen molar-refractivity contribution in [1.29, 1.82) is 0 Å². The summed E-state index contributed by atoms with van der Waals surface area (Å²) in [6, 6.07) is 0. The highest BCUT2D eigenvalue weighted by molar-refractivity contribution is 8.00. The molecule has 0 aromatic rings. The first-order valence-corrected chi connectivity index (χ1v) is 12.0. The van der Waals surface area contributed by atoms with Gasteiger partial charge in [0.15, 0.2) is 0 Å². The minimum absolute atomic E-state index is 0.250. The van der Waals surface area contributed by atoms with Crippen LogP contribution < -0.4 is 0 Å². The summed E-state index contributed by atoms with van der Waals surface area (Å²) in [5.74, 6) is 0.225. The van der Waals surface area contributed by atoms with E-state index >= 15 is 0 Å². The number of unbranched alkanes of at least 4 members (excludes halogenated alkanes) is 1. The second-order valence-corrected chi connectivity index (χ2v) is 7.97. The molecule has 162 valence electrons. The first-order valence-electron chi connectivity index (χ1n) is 11.0. The molecule has 2 nitrogen and oxygen atoms in total. The predicted octanol–water partition coefficient (Wildman–Crippen LogP) is 8.06. The molecule has 3 heteroatoms. The van der Waals surface area contributed by atoms with Crippen LogP contribution in [0.25, 0.3) is 0 Å². The summed E-state index contributed by atoms with van der Waals surface area (Å²) < 4.78 is 0. The molecule has 0 bridgehead atoms. The minimum Gasteiger partial charge on any atom is -0.480 e. The van der Waals surface area contributed by atoms with Crippen LogP contribution in [0, 0.1) is 0 Å². The fourth-order valence-corrected chi connectivity index (χ4v) is 3.43. The van der Waals surface area contributed by atoms with Gasteiger partial charge < -0.3 is 5.11 Å². The van der Waals surface area contributed by atoms with E-state index in [9.17, 15) is 4.79 Å². The molecule has 1 N–H and O–H groups in total. The van der Waals surface area contributed by atoms with Crippen LogP contribution in [-0.4, -0.2) is 22.1 Å². The Bertz CT molecular complexity index is 553. The van der Waals surface area contributed by atoms with E-state index in [2.05, 4.69) is 79.8 Å². The van der Waals surface area contributed by atoms with Gasteiger partial charge in [-0.15, -0.1) is 11.8 Å². The number of aliphatic carboxylic acids is 1. The molecule has 0 aliphatic heterocycles. The number of rotatable bonds is 18. The monoisotopic (exact) mass is 416 g/mol. The van der Waals surface area contributed by atoms with Gasteiger partial charge in [-0.05, 0) is 63.5 Å². The van der Waals surface area contributed by atoms with E-state index in [1.54, 1.807) is 11.8 Å². The molecule has 0 aliphatic rings. The maximum atomic E-state index is 10.9. The fraction of sp³-hybridized carbons (Fsp3) is 0.500. The van der Waals surface area contributed by atoms with Gasteiger partial charge in [-0.25, -0.2) is 0 Å². The number of carbonyl (C=O) groups is 1. The lowest BCUT2D eigenvalue weighted by atomic mass is 10.2. The van der Waals surface area contributed by atoms with E-state index in [4.69, 9.17) is 5.11 Å². The molecule has 0 saturated heterocycles. The quantitative estimate of drug-likeness (QED) is 0.181. The smallest absolute Gasteiger partial charge is 0.316 e. The average molecular weight is 417 g/mol. The third-order valence-corrected chi connectivity index (χ3v) is 5.54. The number of carboxylic acids is 1. The van der Waals surface area contributed by atoms with Gasteiger partial charge in [0, 0.05) is 0 Å². The fourth-order valence-electron chi connectivity index (χ4n) is 2.43. The Kier molecular flexibility index (Phi) is 21.2. The molecule has 1 unspecified atom stereocenters. The van der Waals surface area contributed by atoms with Crippen molar-refractivity contribution < 1.29 is 9.90 Å². The number of hydrogen-bond donors (Lipinski definition) is 1. The van der Waals surface area contributed by atoms with Crippen molar-refractivity contribution in [2.75, 3.05) is 5.75 Å². The SMILES string of the molecule is CCC=CCC=CCC=CCC=CCC=CCC=CCCCSC(CC)C(=O)O. The molecule has 29 heavy (non-hydrogen) atoms. The number of allylic oxidation sites excluding steroid dienone is 12. The van der Waals surface area contributed by atoms with E-state index in [0.29, 0.717) is 6.42 Å². The zero-order valence-corrected chi connectivity index (χ0v) is 19.2. The van der Waals surface area contributed by atoms with Crippen molar-refractivity contribution in [3.63, 3.8) is 0 Å². The van der Waals surface area contributed by atoms with Crippen LogP contribution in [0.1, 0.15) is 71.6 Å². The van der Waals surface area contributed by atoms with Crippen LogP contribution in [0.5, 0.6) is 0 Å². The minimum atomic E-state index is -0.688. The molecule has 1 atom stereocenters. The number of hydrogen-bond acceptors (Lipinski definition) is 2. The van der Waals surface area contributed by atoms with Gasteiger partial charge >= 0.3 is 5.97 Å². The van der Waals surface area contributed by atoms with Gasteiger partial charge in [-0.3, -0.25) is 4.79 Å². The average Bonchev–Trinajstić information content (AvgIpc) is 2.71. The molecular weight excluding hydrogens is 376 g/mol. The second-order valence-electron chi connectivity index (χ2n) is 6.66. The summed E-state index contributed by atoms with van der Waals surface area (Å²) in [7, 11) is 0. The molecule has 0 amide bonds. The van der Waals surface area contributed by atoms with E-state index in [-0.39, 0.29) is 5.25 Å². The zero-order valence-electron chi connectivity index (χ0n) is 18.3. The Morgan fingerprint density at radius 1 is 0.724 bits per heavy atom. The van der Waals surface area contributed by atoms with Gasteiger partial charge in [-0.2, -0.15) is 0 Å². The normalized spacial score (nSPS) is 14.0. The molecule has 0 heterocycles. The molecule has 0 saturated carbocycles. The Hall–Kier alpha value is -1.74. The highest BCUT2D eigenvalue weighted by Crippen LogP contribution is 2.16. The maximum absolute atomic E-state index is 10.9. The zero-order chi connectivity index (χ0) is 21.4. The summed E-state index contributed by atoms with van der Waals surface area (Å²) in [6.07, 6.45) is 35.3. The van der Waals surface area contributed by atoms with Crippen LogP contribution in [0.4, 0.5) is 0 Å². The molecule has 0 radical (unpaired) electrons. The van der Waals surface area contributed by atoms with E-state index < -0.39 is 5.97 Å². The predicted molar refractivity (Wildman–Crippen MR) is 132 cm³/mol. The van der Waals surface area contributed by atoms with Crippen molar-refractivity contribution in [3.05, 3.63) is 72.9 Å². The highest BCUT2D eigenvalue weighted by atomic mass is 32.2. The van der Waals surface area contributed by atoms with Crippen LogP contribution in [0.3, 0.4) is 0 Å². The van der Waals surface area contributed by atoms with Crippen molar-refractivity contribution in [1.82, 2.24) is 0 Å². The van der Waals surface area contributed by atoms with E-state index in [1.807, 2.05) is 6.92 Å². The maximum Gasteiger partial charge on any atom is 0.316 e. The first kappa shape index (κ1) is 27.3. The Balaban J connectivity index is 3.56. The molecule has 0 rings (SSSR count). The number of carboxylic acid groups (broad SMARTS) is 1. The van der Waals surface area contributed by atoms with Gasteiger partial charge in [-0.1, -0.05) is 86.8 Å². The Labute approximate surface area is 183 Å². The van der Waals surface area contributed by atoms with Crippen LogP contribution in [0.15, 0.2) is 72.9 Å². The van der Waals surface area contributed by atoms with E-state index in [1.165, 1.54) is 0 Å². The van der Waals surface area contributed by atoms with E-state index in [0.717, 1.165) is 57.1 Å². The largest absolute Gasteiger partial charge is 0.480 e. The van der Waals surface area contributed by atoms with Crippen LogP contribution in [-0.2, 0) is 4.79 Å². The lowest BCUT2D eigenvalue weighted by molar-refractivity contribution is -0.136. The standard InChI is InChI=1S/C26H40O2S/c1-3-5-6-7-8-9-10-11-12-13-14-15-16-17-18-19-20-21-22-23-24-29-25(4-2)26(27)28/h5-6,8-9,11-12,14-15,17-18,20-21,25H,3-4,7,10,13,16,19,22-24H2,1-2H3,(H,27,28). The van der Waals surface area contributed by atoms with Crippen molar-refractivity contribution in [2.24, 2.45) is 0 Å². The summed E-state index contributed by atoms with van der Waals surface area (Å²) in [5, 5.41) is 8.73. The Morgan fingerprint density at radius 2 is 1.14 bits per heavy atom. The van der Waals surface area contributed by atoms with Crippen molar-refractivity contribution in [2.45, 2.75) is 76.9 Å². The first-order chi connectivity index (χ1) is 14.2. The van der Waals surface area contributed by atoms with Crippen LogP contribution >= 0.6 is 11.8 Å².